The Balaban J connectivity index is 1.26. The van der Waals surface area contributed by atoms with Crippen LogP contribution >= 0.6 is 0 Å². The molecule has 34 heavy (non-hydrogen) atoms. The van der Waals surface area contributed by atoms with Crippen LogP contribution in [0.15, 0.2) is 24.3 Å². The monoisotopic (exact) mass is 482 g/mol. The predicted molar refractivity (Wildman–Crippen MR) is 116 cm³/mol. The molecule has 1 N–H and O–H groups in total. The highest BCUT2D eigenvalue weighted by Crippen LogP contribution is 2.42. The lowest BCUT2D eigenvalue weighted by Crippen LogP contribution is -2.32. The Hall–Kier alpha value is -2.33. The second-order valence-electron chi connectivity index (χ2n) is 9.70. The first kappa shape index (κ1) is 23.4. The maximum absolute atomic E-state index is 14.1. The molecule has 2 aromatic rings. The molecular weight excluding hydrogens is 455 g/mol. The first-order valence-corrected chi connectivity index (χ1v) is 11.7. The van der Waals surface area contributed by atoms with Crippen molar-refractivity contribution in [2.45, 2.75) is 37.9 Å². The lowest BCUT2D eigenvalue weighted by molar-refractivity contribution is -0.137. The van der Waals surface area contributed by atoms with Crippen LogP contribution < -0.4 is 5.32 Å². The van der Waals surface area contributed by atoms with Gasteiger partial charge in [-0.2, -0.15) is 13.2 Å². The van der Waals surface area contributed by atoms with Crippen molar-refractivity contribution < 1.29 is 26.7 Å². The molecule has 2 saturated heterocycles. The highest BCUT2D eigenvalue weighted by molar-refractivity contribution is 5.63. The lowest BCUT2D eigenvalue weighted by atomic mass is 10.00. The van der Waals surface area contributed by atoms with Crippen molar-refractivity contribution in [3.63, 3.8) is 0 Å². The molecule has 1 aliphatic carbocycles. The molecule has 1 aromatic carbocycles. The first-order chi connectivity index (χ1) is 16.3. The van der Waals surface area contributed by atoms with E-state index in [2.05, 4.69) is 20.4 Å². The Morgan fingerprint density at radius 1 is 1.03 bits per heavy atom. The maximum atomic E-state index is 14.1. The van der Waals surface area contributed by atoms with Crippen LogP contribution in [0, 0.1) is 29.4 Å². The van der Waals surface area contributed by atoms with Gasteiger partial charge in [0.1, 0.15) is 5.56 Å². The highest BCUT2D eigenvalue weighted by atomic mass is 19.4. The fraction of sp³-hybridized carbons (Fsp3) is 0.583. The zero-order chi connectivity index (χ0) is 23.9. The summed E-state index contributed by atoms with van der Waals surface area (Å²) in [7, 11) is 0. The summed E-state index contributed by atoms with van der Waals surface area (Å²) < 4.78 is 74.5. The standard InChI is InChI=1S/C24H27F5N4O/c25-20-3-1-2-18(22(20)26)21-10-19(24(27,28)29)23(32-31-21)30-17-8-15-12-33(13-16(15)9-17)11-14-4-6-34-7-5-14/h1-3,10,14-17H,4-9,11-13H2,(H,30,32)/t15-,16+,17+. The summed E-state index contributed by atoms with van der Waals surface area (Å²) in [5, 5.41) is 10.5. The molecule has 5 rings (SSSR count). The number of anilines is 1. The molecule has 0 spiro atoms. The number of ether oxygens (including phenoxy) is 1. The minimum absolute atomic E-state index is 0.132. The van der Waals surface area contributed by atoms with Gasteiger partial charge in [-0.1, -0.05) is 6.07 Å². The Morgan fingerprint density at radius 2 is 1.74 bits per heavy atom. The van der Waals surface area contributed by atoms with Gasteiger partial charge in [0.15, 0.2) is 17.5 Å². The number of hydrogen-bond acceptors (Lipinski definition) is 5. The molecular formula is C24H27F5N4O. The third-order valence-electron chi connectivity index (χ3n) is 7.35. The number of rotatable bonds is 5. The van der Waals surface area contributed by atoms with Crippen molar-refractivity contribution in [2.75, 3.05) is 38.2 Å². The number of fused-ring (bicyclic) bond motifs is 1. The summed E-state index contributed by atoms with van der Waals surface area (Å²) in [5.41, 5.74) is -1.74. The molecule has 0 unspecified atom stereocenters. The number of alkyl halides is 3. The molecule has 3 heterocycles. The van der Waals surface area contributed by atoms with Crippen LogP contribution in [0.25, 0.3) is 11.3 Å². The summed E-state index contributed by atoms with van der Waals surface area (Å²) in [6.45, 7) is 4.65. The van der Waals surface area contributed by atoms with Crippen LogP contribution in [-0.4, -0.2) is 54.0 Å². The molecule has 3 atom stereocenters. The number of nitrogens with one attached hydrogen (secondary N) is 1. The van der Waals surface area contributed by atoms with Crippen LogP contribution in [-0.2, 0) is 10.9 Å². The largest absolute Gasteiger partial charge is 0.420 e. The van der Waals surface area contributed by atoms with E-state index >= 15 is 0 Å². The topological polar surface area (TPSA) is 50.3 Å². The Bertz CT molecular complexity index is 1010. The van der Waals surface area contributed by atoms with E-state index in [0.29, 0.717) is 17.8 Å². The van der Waals surface area contributed by atoms with E-state index in [1.54, 1.807) is 0 Å². The second kappa shape index (κ2) is 9.37. The fourth-order valence-corrected chi connectivity index (χ4v) is 5.70. The van der Waals surface area contributed by atoms with Crippen molar-refractivity contribution in [2.24, 2.45) is 17.8 Å². The molecule has 184 valence electrons. The summed E-state index contributed by atoms with van der Waals surface area (Å²) in [6, 6.07) is 3.90. The summed E-state index contributed by atoms with van der Waals surface area (Å²) in [5.74, 6) is -1.22. The molecule has 1 aromatic heterocycles. The number of nitrogens with zero attached hydrogens (tertiary/aromatic N) is 3. The van der Waals surface area contributed by atoms with Crippen LogP contribution in [0.4, 0.5) is 27.8 Å². The van der Waals surface area contributed by atoms with Crippen molar-refractivity contribution in [3.8, 4) is 11.3 Å². The fourth-order valence-electron chi connectivity index (χ4n) is 5.70. The molecule has 3 fully saturated rings. The molecule has 0 bridgehead atoms. The van der Waals surface area contributed by atoms with Gasteiger partial charge in [0.25, 0.3) is 0 Å². The average Bonchev–Trinajstić information content (AvgIpc) is 3.34. The van der Waals surface area contributed by atoms with Gasteiger partial charge in [-0.05, 0) is 61.6 Å². The SMILES string of the molecule is Fc1cccc(-c2cc(C(F)(F)F)c(N[C@H]3C[C@@H]4CN(CC5CCOCC5)C[C@@H]4C3)nn2)c1F. The normalized spacial score (nSPS) is 26.1. The van der Waals surface area contributed by atoms with E-state index in [1.807, 2.05) is 0 Å². The van der Waals surface area contributed by atoms with Gasteiger partial charge in [0, 0.05) is 44.5 Å². The first-order valence-electron chi connectivity index (χ1n) is 11.7. The number of hydrogen-bond donors (Lipinski definition) is 1. The van der Waals surface area contributed by atoms with Gasteiger partial charge in [0.2, 0.25) is 0 Å². The zero-order valence-corrected chi connectivity index (χ0v) is 18.6. The van der Waals surface area contributed by atoms with Gasteiger partial charge in [-0.15, -0.1) is 10.2 Å². The van der Waals surface area contributed by atoms with E-state index in [-0.39, 0.29) is 23.1 Å². The van der Waals surface area contributed by atoms with Crippen molar-refractivity contribution in [1.29, 1.82) is 0 Å². The summed E-state index contributed by atoms with van der Waals surface area (Å²) >= 11 is 0. The van der Waals surface area contributed by atoms with Crippen molar-refractivity contribution in [1.82, 2.24) is 15.1 Å². The second-order valence-corrected chi connectivity index (χ2v) is 9.70. The quantitative estimate of drug-likeness (QED) is 0.609. The Morgan fingerprint density at radius 3 is 2.41 bits per heavy atom. The predicted octanol–water partition coefficient (Wildman–Crippen LogP) is 4.99. The van der Waals surface area contributed by atoms with Crippen molar-refractivity contribution in [3.05, 3.63) is 41.5 Å². The van der Waals surface area contributed by atoms with Crippen LogP contribution in [0.1, 0.15) is 31.2 Å². The summed E-state index contributed by atoms with van der Waals surface area (Å²) in [6.07, 6.45) is -0.997. The zero-order valence-electron chi connectivity index (χ0n) is 18.6. The molecule has 10 heteroatoms. The lowest BCUT2D eigenvalue weighted by Gasteiger charge is -2.28. The van der Waals surface area contributed by atoms with E-state index < -0.39 is 23.4 Å². The number of benzene rings is 1. The van der Waals surface area contributed by atoms with Crippen LogP contribution in [0.3, 0.4) is 0 Å². The van der Waals surface area contributed by atoms with Gasteiger partial charge in [0.05, 0.1) is 5.69 Å². The van der Waals surface area contributed by atoms with E-state index in [0.717, 1.165) is 70.7 Å². The highest BCUT2D eigenvalue weighted by Gasteiger charge is 2.43. The van der Waals surface area contributed by atoms with Crippen LogP contribution in [0.5, 0.6) is 0 Å². The molecule has 3 aliphatic rings. The maximum Gasteiger partial charge on any atom is 0.420 e. The van der Waals surface area contributed by atoms with E-state index in [4.69, 9.17) is 4.74 Å². The van der Waals surface area contributed by atoms with Crippen molar-refractivity contribution >= 4 is 5.82 Å². The molecule has 0 radical (unpaired) electrons. The van der Waals surface area contributed by atoms with Gasteiger partial charge >= 0.3 is 6.18 Å². The minimum atomic E-state index is -4.72. The van der Waals surface area contributed by atoms with Gasteiger partial charge in [-0.25, -0.2) is 8.78 Å². The molecule has 0 amide bonds. The van der Waals surface area contributed by atoms with E-state index in [1.165, 1.54) is 12.1 Å². The molecule has 1 saturated carbocycles. The number of likely N-dealkylation sites (tertiary alicyclic amines) is 1. The Kier molecular flexibility index (Phi) is 6.45. The minimum Gasteiger partial charge on any atom is -0.381 e. The van der Waals surface area contributed by atoms with Gasteiger partial charge in [-0.3, -0.25) is 0 Å². The third kappa shape index (κ3) is 4.88. The molecule has 5 nitrogen and oxygen atoms in total. The smallest absolute Gasteiger partial charge is 0.381 e. The van der Waals surface area contributed by atoms with Crippen LogP contribution in [0.2, 0.25) is 0 Å². The van der Waals surface area contributed by atoms with E-state index in [9.17, 15) is 22.0 Å². The van der Waals surface area contributed by atoms with Gasteiger partial charge < -0.3 is 15.0 Å². The average molecular weight is 482 g/mol. The number of aromatic nitrogens is 2. The Labute approximate surface area is 194 Å². The number of halogens is 5. The summed E-state index contributed by atoms with van der Waals surface area (Å²) in [4.78, 5) is 2.49. The molecule has 2 aliphatic heterocycles. The third-order valence-corrected chi connectivity index (χ3v) is 7.35.